The van der Waals surface area contributed by atoms with Gasteiger partial charge in [0.05, 0.1) is 12.8 Å². The Morgan fingerprint density at radius 2 is 1.45 bits per heavy atom. The Bertz CT molecular complexity index is 1080. The zero-order chi connectivity index (χ0) is 21.7. The molecule has 31 heavy (non-hydrogen) atoms. The molecule has 3 aromatic rings. The Morgan fingerprint density at radius 1 is 0.903 bits per heavy atom. The fourth-order valence-corrected chi connectivity index (χ4v) is 6.65. The van der Waals surface area contributed by atoms with Crippen molar-refractivity contribution < 1.29 is 23.1 Å². The van der Waals surface area contributed by atoms with Crippen LogP contribution in [0.4, 0.5) is 5.69 Å². The van der Waals surface area contributed by atoms with Crippen molar-refractivity contribution in [2.75, 3.05) is 12.0 Å². The lowest BCUT2D eigenvalue weighted by atomic mass is 10.3. The van der Waals surface area contributed by atoms with Crippen molar-refractivity contribution in [2.24, 2.45) is 0 Å². The van der Waals surface area contributed by atoms with Gasteiger partial charge in [-0.05, 0) is 36.4 Å². The van der Waals surface area contributed by atoms with Gasteiger partial charge in [-0.15, -0.1) is 0 Å². The van der Waals surface area contributed by atoms with Crippen LogP contribution in [0.3, 0.4) is 0 Å². The van der Waals surface area contributed by atoms with Gasteiger partial charge in [0.25, 0.3) is 0 Å². The van der Waals surface area contributed by atoms with Crippen molar-refractivity contribution >= 4 is 31.0 Å². The molecule has 0 aliphatic carbocycles. The second-order valence-electron chi connectivity index (χ2n) is 6.51. The molecule has 4 rings (SSSR count). The number of esters is 1. The highest BCUT2D eigenvalue weighted by Gasteiger charge is 2.48. The van der Waals surface area contributed by atoms with E-state index in [1.807, 2.05) is 36.4 Å². The van der Waals surface area contributed by atoms with Crippen molar-refractivity contribution in [3.05, 3.63) is 97.2 Å². The SMILES string of the molecule is COC(=O)/C=C/N1c2ccccc2SC1P(=O)(Oc1ccccc1)Oc1ccccc1. The molecule has 1 aliphatic rings. The Hall–Kier alpha value is -3.15. The van der Waals surface area contributed by atoms with Crippen LogP contribution in [0.2, 0.25) is 0 Å². The highest BCUT2D eigenvalue weighted by molar-refractivity contribution is 8.06. The topological polar surface area (TPSA) is 65.1 Å². The molecular weight excluding hydrogens is 433 g/mol. The maximum absolute atomic E-state index is 14.3. The van der Waals surface area contributed by atoms with E-state index in [2.05, 4.69) is 0 Å². The van der Waals surface area contributed by atoms with Gasteiger partial charge in [0.1, 0.15) is 11.5 Å². The molecule has 0 radical (unpaired) electrons. The number of hydrogen-bond acceptors (Lipinski definition) is 7. The molecule has 6 nitrogen and oxygen atoms in total. The highest BCUT2D eigenvalue weighted by Crippen LogP contribution is 2.63. The number of carbonyl (C=O) groups excluding carboxylic acids is 1. The quantitative estimate of drug-likeness (QED) is 0.250. The Balaban J connectivity index is 1.75. The second-order valence-corrected chi connectivity index (χ2v) is 9.91. The van der Waals surface area contributed by atoms with Gasteiger partial charge in [-0.1, -0.05) is 60.3 Å². The molecule has 0 spiro atoms. The third-order valence-corrected chi connectivity index (χ3v) is 8.26. The summed E-state index contributed by atoms with van der Waals surface area (Å²) in [7, 11) is -2.53. The molecular formula is C23H20NO5PS. The lowest BCUT2D eigenvalue weighted by Gasteiger charge is -2.29. The van der Waals surface area contributed by atoms with E-state index < -0.39 is 18.7 Å². The number of ether oxygens (including phenoxy) is 1. The van der Waals surface area contributed by atoms with Crippen molar-refractivity contribution in [1.29, 1.82) is 0 Å². The van der Waals surface area contributed by atoms with E-state index in [-0.39, 0.29) is 0 Å². The number of para-hydroxylation sites is 3. The van der Waals surface area contributed by atoms with Gasteiger partial charge in [0, 0.05) is 17.2 Å². The van der Waals surface area contributed by atoms with Crippen molar-refractivity contribution in [2.45, 2.75) is 10.0 Å². The summed E-state index contributed by atoms with van der Waals surface area (Å²) in [4.78, 5) is 14.4. The first-order valence-electron chi connectivity index (χ1n) is 9.48. The van der Waals surface area contributed by atoms with Gasteiger partial charge in [0.15, 0.2) is 0 Å². The van der Waals surface area contributed by atoms with Gasteiger partial charge in [-0.2, -0.15) is 0 Å². The molecule has 0 saturated heterocycles. The number of benzene rings is 3. The smallest absolute Gasteiger partial charge is 0.464 e. The summed E-state index contributed by atoms with van der Waals surface area (Å²) in [6.45, 7) is 0. The molecule has 0 amide bonds. The molecule has 0 aromatic heterocycles. The van der Waals surface area contributed by atoms with Crippen LogP contribution in [0.25, 0.3) is 0 Å². The predicted molar refractivity (Wildman–Crippen MR) is 121 cm³/mol. The molecule has 0 fully saturated rings. The monoisotopic (exact) mass is 453 g/mol. The van der Waals surface area contributed by atoms with Gasteiger partial charge < -0.3 is 18.7 Å². The third kappa shape index (κ3) is 4.79. The van der Waals surface area contributed by atoms with Crippen molar-refractivity contribution in [3.8, 4) is 11.5 Å². The Kier molecular flexibility index (Phi) is 6.35. The number of anilines is 1. The van der Waals surface area contributed by atoms with Crippen LogP contribution in [0.1, 0.15) is 0 Å². The first kappa shape index (κ1) is 21.1. The summed E-state index contributed by atoms with van der Waals surface area (Å²) in [5.74, 6) is 0.335. The van der Waals surface area contributed by atoms with Crippen molar-refractivity contribution in [3.63, 3.8) is 0 Å². The molecule has 0 saturated carbocycles. The van der Waals surface area contributed by atoms with Crippen LogP contribution in [0.15, 0.2) is 102 Å². The molecule has 3 aromatic carbocycles. The second kappa shape index (κ2) is 9.33. The predicted octanol–water partition coefficient (Wildman–Crippen LogP) is 5.92. The van der Waals surface area contributed by atoms with E-state index in [1.165, 1.54) is 24.9 Å². The molecule has 1 aliphatic heterocycles. The van der Waals surface area contributed by atoms with E-state index in [4.69, 9.17) is 13.8 Å². The van der Waals surface area contributed by atoms with E-state index in [0.29, 0.717) is 11.5 Å². The van der Waals surface area contributed by atoms with Gasteiger partial charge >= 0.3 is 13.6 Å². The minimum Gasteiger partial charge on any atom is -0.466 e. The molecule has 158 valence electrons. The third-order valence-electron chi connectivity index (χ3n) is 4.41. The lowest BCUT2D eigenvalue weighted by molar-refractivity contribution is -0.134. The Morgan fingerprint density at radius 3 is 2.03 bits per heavy atom. The Labute approximate surface area is 185 Å². The van der Waals surface area contributed by atoms with Crippen LogP contribution in [-0.2, 0) is 14.1 Å². The maximum Gasteiger partial charge on any atom is 0.464 e. The van der Waals surface area contributed by atoms with E-state index in [9.17, 15) is 9.36 Å². The normalized spacial score (nSPS) is 15.5. The van der Waals surface area contributed by atoms with Crippen LogP contribution < -0.4 is 13.9 Å². The minimum atomic E-state index is -3.83. The first-order chi connectivity index (χ1) is 15.1. The van der Waals surface area contributed by atoms with Crippen LogP contribution >= 0.6 is 19.4 Å². The van der Waals surface area contributed by atoms with Gasteiger partial charge in [0.2, 0.25) is 5.11 Å². The molecule has 1 heterocycles. The van der Waals surface area contributed by atoms with Gasteiger partial charge in [-0.25, -0.2) is 9.36 Å². The standard InChI is InChI=1S/C23H20NO5PS/c1-27-22(25)16-17-24-20-14-8-9-15-21(20)31-23(24)30(26,28-18-10-4-2-5-11-18)29-19-12-6-3-7-13-19/h2-17,23H,1H3/b17-16+. The van der Waals surface area contributed by atoms with E-state index in [0.717, 1.165) is 10.6 Å². The van der Waals surface area contributed by atoms with Crippen LogP contribution in [0.5, 0.6) is 11.5 Å². The lowest BCUT2D eigenvalue weighted by Crippen LogP contribution is -2.28. The summed E-state index contributed by atoms with van der Waals surface area (Å²) < 4.78 is 31.0. The number of thioether (sulfide) groups is 1. The number of nitrogens with zero attached hydrogens (tertiary/aromatic N) is 1. The molecule has 8 heteroatoms. The summed E-state index contributed by atoms with van der Waals surface area (Å²) >= 11 is 1.36. The minimum absolute atomic E-state index is 0.426. The van der Waals surface area contributed by atoms with Crippen molar-refractivity contribution in [1.82, 2.24) is 0 Å². The average molecular weight is 453 g/mol. The van der Waals surface area contributed by atoms with E-state index >= 15 is 0 Å². The fourth-order valence-electron chi connectivity index (χ4n) is 3.00. The summed E-state index contributed by atoms with van der Waals surface area (Å²) in [6.07, 6.45) is 2.83. The first-order valence-corrected chi connectivity index (χ1v) is 12.0. The summed E-state index contributed by atoms with van der Waals surface area (Å²) in [5.41, 5.74) is 0.797. The molecule has 1 unspecified atom stereocenters. The molecule has 0 N–H and O–H groups in total. The number of carbonyl (C=O) groups is 1. The molecule has 1 atom stereocenters. The zero-order valence-electron chi connectivity index (χ0n) is 16.7. The fraction of sp³-hybridized carbons (Fsp3) is 0.0870. The van der Waals surface area contributed by atoms with E-state index in [1.54, 1.807) is 59.6 Å². The zero-order valence-corrected chi connectivity index (χ0v) is 18.4. The largest absolute Gasteiger partial charge is 0.466 e. The maximum atomic E-state index is 14.3. The number of rotatable bonds is 7. The summed E-state index contributed by atoms with van der Waals surface area (Å²) in [6, 6.07) is 25.4. The molecule has 0 bridgehead atoms. The number of methoxy groups -OCH3 is 1. The van der Waals surface area contributed by atoms with Gasteiger partial charge in [-0.3, -0.25) is 0 Å². The average Bonchev–Trinajstić information content (AvgIpc) is 3.18. The summed E-state index contributed by atoms with van der Waals surface area (Å²) in [5, 5.41) is -0.758. The number of fused-ring (bicyclic) bond motifs is 1. The number of hydrogen-bond donors (Lipinski definition) is 0. The van der Waals surface area contributed by atoms with Crippen LogP contribution in [-0.4, -0.2) is 18.2 Å². The van der Waals surface area contributed by atoms with Crippen LogP contribution in [0, 0.1) is 0 Å². The highest BCUT2D eigenvalue weighted by atomic mass is 32.2.